The van der Waals surface area contributed by atoms with Gasteiger partial charge in [-0.05, 0) is 13.0 Å². The van der Waals surface area contributed by atoms with E-state index >= 15 is 0 Å². The Morgan fingerprint density at radius 2 is 2.05 bits per heavy atom. The zero-order chi connectivity index (χ0) is 14.6. The van der Waals surface area contributed by atoms with Crippen LogP contribution in [0, 0.1) is 0 Å². The first-order valence-electron chi connectivity index (χ1n) is 5.92. The average Bonchev–Trinajstić information content (AvgIpc) is 2.80. The molecule has 19 heavy (non-hydrogen) atoms. The molecule has 1 rings (SSSR count). The van der Waals surface area contributed by atoms with Crippen LogP contribution >= 0.6 is 0 Å². The van der Waals surface area contributed by atoms with Gasteiger partial charge in [0.05, 0.1) is 6.61 Å². The van der Waals surface area contributed by atoms with Crippen LogP contribution in [0.2, 0.25) is 0 Å². The van der Waals surface area contributed by atoms with Gasteiger partial charge in [0.1, 0.15) is 10.6 Å². The van der Waals surface area contributed by atoms with E-state index < -0.39 is 16.0 Å². The summed E-state index contributed by atoms with van der Waals surface area (Å²) < 4.78 is 27.0. The predicted octanol–water partition coefficient (Wildman–Crippen LogP) is 0.209. The molecule has 0 aliphatic rings. The number of aliphatic hydroxyl groups excluding tert-OH is 1. The molecule has 1 heterocycles. The lowest BCUT2D eigenvalue weighted by Crippen LogP contribution is -2.33. The van der Waals surface area contributed by atoms with E-state index in [0.29, 0.717) is 6.54 Å². The first-order chi connectivity index (χ1) is 8.88. The van der Waals surface area contributed by atoms with Gasteiger partial charge in [-0.25, -0.2) is 13.2 Å². The highest BCUT2D eigenvalue weighted by atomic mass is 32.2. The van der Waals surface area contributed by atoms with E-state index in [1.54, 1.807) is 13.8 Å². The Bertz CT molecular complexity index is 549. The van der Waals surface area contributed by atoms with Crippen LogP contribution in [0.4, 0.5) is 0 Å². The van der Waals surface area contributed by atoms with E-state index in [9.17, 15) is 13.2 Å². The van der Waals surface area contributed by atoms with Crippen molar-refractivity contribution in [3.63, 3.8) is 0 Å². The molecule has 0 saturated heterocycles. The number of carboxylic acid groups (broad SMARTS) is 1. The molecule has 0 fully saturated rings. The van der Waals surface area contributed by atoms with Gasteiger partial charge in [-0.15, -0.1) is 0 Å². The summed E-state index contributed by atoms with van der Waals surface area (Å²) in [4.78, 5) is 10.9. The molecule has 0 amide bonds. The van der Waals surface area contributed by atoms with Crippen molar-refractivity contribution in [2.45, 2.75) is 25.3 Å². The molecule has 0 aliphatic carbocycles. The van der Waals surface area contributed by atoms with Gasteiger partial charge < -0.3 is 14.8 Å². The van der Waals surface area contributed by atoms with Gasteiger partial charge >= 0.3 is 5.97 Å². The molecule has 0 radical (unpaired) electrons. The molecule has 1 aromatic rings. The standard InChI is InChI=1S/C11H18N2O5S/c1-3-12-8-9(7-10(12)11(15)16)19(17,18)13(4-2)5-6-14/h7-8,14H,3-6H2,1-2H3,(H,15,16). The Balaban J connectivity index is 3.25. The highest BCUT2D eigenvalue weighted by molar-refractivity contribution is 7.89. The Morgan fingerprint density at radius 3 is 2.42 bits per heavy atom. The molecule has 2 N–H and O–H groups in total. The molecule has 0 bridgehead atoms. The van der Waals surface area contributed by atoms with E-state index in [0.717, 1.165) is 10.4 Å². The minimum Gasteiger partial charge on any atom is -0.477 e. The van der Waals surface area contributed by atoms with E-state index in [1.165, 1.54) is 10.8 Å². The number of likely N-dealkylation sites (N-methyl/N-ethyl adjacent to an activating group) is 1. The number of aliphatic hydroxyl groups is 1. The zero-order valence-corrected chi connectivity index (χ0v) is 11.7. The fourth-order valence-electron chi connectivity index (χ4n) is 1.77. The summed E-state index contributed by atoms with van der Waals surface area (Å²) in [5.41, 5.74) is -0.0684. The van der Waals surface area contributed by atoms with Crippen molar-refractivity contribution >= 4 is 16.0 Å². The maximum absolute atomic E-state index is 12.3. The topological polar surface area (TPSA) is 99.8 Å². The monoisotopic (exact) mass is 290 g/mol. The van der Waals surface area contributed by atoms with Crippen LogP contribution in [0.15, 0.2) is 17.2 Å². The molecular formula is C11H18N2O5S. The number of aryl methyl sites for hydroxylation is 1. The van der Waals surface area contributed by atoms with Crippen LogP contribution in [0.1, 0.15) is 24.3 Å². The molecule has 0 spiro atoms. The second-order valence-electron chi connectivity index (χ2n) is 3.87. The van der Waals surface area contributed by atoms with E-state index in [2.05, 4.69) is 0 Å². The zero-order valence-electron chi connectivity index (χ0n) is 10.9. The molecule has 1 aromatic heterocycles. The fourth-order valence-corrected chi connectivity index (χ4v) is 3.26. The lowest BCUT2D eigenvalue weighted by Gasteiger charge is -2.18. The third kappa shape index (κ3) is 3.14. The van der Waals surface area contributed by atoms with Gasteiger partial charge in [-0.3, -0.25) is 0 Å². The van der Waals surface area contributed by atoms with Crippen molar-refractivity contribution in [3.05, 3.63) is 18.0 Å². The van der Waals surface area contributed by atoms with Gasteiger partial charge in [0, 0.05) is 25.8 Å². The molecule has 8 heteroatoms. The van der Waals surface area contributed by atoms with Crippen molar-refractivity contribution in [2.24, 2.45) is 0 Å². The maximum Gasteiger partial charge on any atom is 0.352 e. The van der Waals surface area contributed by atoms with Crippen LogP contribution in [-0.2, 0) is 16.6 Å². The molecule has 108 valence electrons. The Morgan fingerprint density at radius 1 is 1.42 bits per heavy atom. The third-order valence-electron chi connectivity index (χ3n) is 2.77. The minimum atomic E-state index is -3.77. The predicted molar refractivity (Wildman–Crippen MR) is 68.6 cm³/mol. The van der Waals surface area contributed by atoms with Gasteiger partial charge in [0.15, 0.2) is 0 Å². The minimum absolute atomic E-state index is 0.0153. The maximum atomic E-state index is 12.3. The second-order valence-corrected chi connectivity index (χ2v) is 5.81. The average molecular weight is 290 g/mol. The number of rotatable bonds is 7. The normalized spacial score (nSPS) is 12.0. The molecular weight excluding hydrogens is 272 g/mol. The largest absolute Gasteiger partial charge is 0.477 e. The van der Waals surface area contributed by atoms with E-state index in [1.807, 2.05) is 0 Å². The van der Waals surface area contributed by atoms with E-state index in [4.69, 9.17) is 10.2 Å². The smallest absolute Gasteiger partial charge is 0.352 e. The molecule has 7 nitrogen and oxygen atoms in total. The summed E-state index contributed by atoms with van der Waals surface area (Å²) in [7, 11) is -3.77. The number of carboxylic acids is 1. The number of aromatic carboxylic acids is 1. The summed E-state index contributed by atoms with van der Waals surface area (Å²) in [5.74, 6) is -1.17. The lowest BCUT2D eigenvalue weighted by molar-refractivity contribution is 0.0685. The number of hydrogen-bond acceptors (Lipinski definition) is 4. The highest BCUT2D eigenvalue weighted by Crippen LogP contribution is 2.19. The molecule has 0 saturated carbocycles. The number of nitrogens with zero attached hydrogens (tertiary/aromatic N) is 2. The Hall–Kier alpha value is -1.38. The van der Waals surface area contributed by atoms with Crippen LogP contribution in [-0.4, -0.2) is 53.2 Å². The first kappa shape index (κ1) is 15.7. The van der Waals surface area contributed by atoms with Crippen molar-refractivity contribution < 1.29 is 23.4 Å². The first-order valence-corrected chi connectivity index (χ1v) is 7.36. The van der Waals surface area contributed by atoms with Crippen molar-refractivity contribution in [1.82, 2.24) is 8.87 Å². The Kier molecular flexibility index (Phi) is 5.10. The second kappa shape index (κ2) is 6.18. The third-order valence-corrected chi connectivity index (χ3v) is 4.71. The van der Waals surface area contributed by atoms with Crippen molar-refractivity contribution in [3.8, 4) is 0 Å². The van der Waals surface area contributed by atoms with Crippen LogP contribution < -0.4 is 0 Å². The molecule has 0 aliphatic heterocycles. The number of sulfonamides is 1. The van der Waals surface area contributed by atoms with Gasteiger partial charge in [0.25, 0.3) is 0 Å². The summed E-state index contributed by atoms with van der Waals surface area (Å²) in [6, 6.07) is 1.14. The van der Waals surface area contributed by atoms with Crippen LogP contribution in [0.3, 0.4) is 0 Å². The quantitative estimate of drug-likeness (QED) is 0.747. The summed E-state index contributed by atoms with van der Waals surface area (Å²) >= 11 is 0. The van der Waals surface area contributed by atoms with Crippen molar-refractivity contribution in [2.75, 3.05) is 19.7 Å². The van der Waals surface area contributed by atoms with Crippen LogP contribution in [0.5, 0.6) is 0 Å². The molecule has 0 atom stereocenters. The van der Waals surface area contributed by atoms with Gasteiger partial charge in [0.2, 0.25) is 10.0 Å². The van der Waals surface area contributed by atoms with E-state index in [-0.39, 0.29) is 30.3 Å². The van der Waals surface area contributed by atoms with Crippen LogP contribution in [0.25, 0.3) is 0 Å². The number of carbonyl (C=O) groups is 1. The molecule has 0 aromatic carbocycles. The molecule has 0 unspecified atom stereocenters. The van der Waals surface area contributed by atoms with Crippen molar-refractivity contribution in [1.29, 1.82) is 0 Å². The number of aromatic nitrogens is 1. The SMILES string of the molecule is CCN(CCO)S(=O)(=O)c1cc(C(=O)O)n(CC)c1. The summed E-state index contributed by atoms with van der Waals surface area (Å²) in [6.07, 6.45) is 1.30. The Labute approximate surface area is 112 Å². The highest BCUT2D eigenvalue weighted by Gasteiger charge is 2.26. The number of hydrogen-bond donors (Lipinski definition) is 2. The van der Waals surface area contributed by atoms with Gasteiger partial charge in [-0.2, -0.15) is 4.31 Å². The van der Waals surface area contributed by atoms with Gasteiger partial charge in [-0.1, -0.05) is 6.92 Å². The fraction of sp³-hybridized carbons (Fsp3) is 0.545. The summed E-state index contributed by atoms with van der Waals surface area (Å²) in [6.45, 7) is 3.66. The lowest BCUT2D eigenvalue weighted by atomic mass is 10.4. The summed E-state index contributed by atoms with van der Waals surface area (Å²) in [5, 5.41) is 17.9.